The molecule has 1 aromatic rings. The molecular formula is C17H22BrN3O3. The summed E-state index contributed by atoms with van der Waals surface area (Å²) in [7, 11) is 0. The van der Waals surface area contributed by atoms with Crippen LogP contribution < -0.4 is 5.32 Å². The second kappa shape index (κ2) is 8.60. The Kier molecular flexibility index (Phi) is 6.23. The minimum Gasteiger partial charge on any atom is -0.382 e. The average molecular weight is 396 g/mol. The van der Waals surface area contributed by atoms with Crippen LogP contribution in [0.2, 0.25) is 0 Å². The smallest absolute Gasteiger partial charge is 0.264 e. The first-order valence-electron chi connectivity index (χ1n) is 8.29. The maximum atomic E-state index is 12.2. The SMILES string of the molecule is O=C(NCCCN1CCOCC1)[C@H]1CC(c2cccc(Br)c2)=NO1. The van der Waals surface area contributed by atoms with E-state index >= 15 is 0 Å². The van der Waals surface area contributed by atoms with Crippen molar-refractivity contribution < 1.29 is 14.4 Å². The van der Waals surface area contributed by atoms with Crippen molar-refractivity contribution >= 4 is 27.5 Å². The first-order valence-corrected chi connectivity index (χ1v) is 9.08. The number of benzene rings is 1. The number of rotatable bonds is 6. The van der Waals surface area contributed by atoms with Gasteiger partial charge in [0.1, 0.15) is 0 Å². The Bertz CT molecular complexity index is 602. The standard InChI is InChI=1S/C17H22BrN3O3/c18-14-4-1-3-13(11-14)15-12-16(24-20-15)17(22)19-5-2-6-21-7-9-23-10-8-21/h1,3-4,11,16H,2,5-10,12H2,(H,19,22)/t16-/m1/s1. The number of nitrogens with zero attached hydrogens (tertiary/aromatic N) is 2. The summed E-state index contributed by atoms with van der Waals surface area (Å²) in [5.41, 5.74) is 1.79. The zero-order valence-corrected chi connectivity index (χ0v) is 15.1. The van der Waals surface area contributed by atoms with Gasteiger partial charge in [-0.1, -0.05) is 33.2 Å². The molecular weight excluding hydrogens is 374 g/mol. The molecule has 2 aliphatic rings. The molecule has 0 aliphatic carbocycles. The lowest BCUT2D eigenvalue weighted by Crippen LogP contribution is -2.39. The number of amides is 1. The zero-order valence-electron chi connectivity index (χ0n) is 13.5. The van der Waals surface area contributed by atoms with E-state index < -0.39 is 6.10 Å². The first-order chi connectivity index (χ1) is 11.7. The molecule has 1 amide bonds. The largest absolute Gasteiger partial charge is 0.382 e. The van der Waals surface area contributed by atoms with Gasteiger partial charge in [-0.15, -0.1) is 0 Å². The highest BCUT2D eigenvalue weighted by Gasteiger charge is 2.28. The van der Waals surface area contributed by atoms with Gasteiger partial charge in [0.15, 0.2) is 0 Å². The number of hydrogen-bond donors (Lipinski definition) is 1. The highest BCUT2D eigenvalue weighted by molar-refractivity contribution is 9.10. The van der Waals surface area contributed by atoms with Gasteiger partial charge in [-0.25, -0.2) is 0 Å². The summed E-state index contributed by atoms with van der Waals surface area (Å²) in [5, 5.41) is 7.01. The molecule has 0 aromatic heterocycles. The molecule has 1 N–H and O–H groups in total. The minimum absolute atomic E-state index is 0.0919. The van der Waals surface area contributed by atoms with Crippen LogP contribution in [-0.4, -0.2) is 62.0 Å². The summed E-state index contributed by atoms with van der Waals surface area (Å²) in [6.07, 6.45) is 0.908. The fourth-order valence-corrected chi connectivity index (χ4v) is 3.21. The zero-order chi connectivity index (χ0) is 16.8. The second-order valence-electron chi connectivity index (χ2n) is 5.95. The van der Waals surface area contributed by atoms with Crippen LogP contribution in [0.4, 0.5) is 0 Å². The summed E-state index contributed by atoms with van der Waals surface area (Å²) in [4.78, 5) is 19.8. The molecule has 2 aliphatic heterocycles. The first kappa shape index (κ1) is 17.4. The molecule has 7 heteroatoms. The number of ether oxygens (including phenoxy) is 1. The Morgan fingerprint density at radius 2 is 2.21 bits per heavy atom. The van der Waals surface area contributed by atoms with Crippen LogP contribution in [0.5, 0.6) is 0 Å². The van der Waals surface area contributed by atoms with Gasteiger partial charge < -0.3 is 14.9 Å². The Morgan fingerprint density at radius 3 is 3.00 bits per heavy atom. The maximum Gasteiger partial charge on any atom is 0.264 e. The third-order valence-electron chi connectivity index (χ3n) is 4.17. The number of carbonyl (C=O) groups excluding carboxylic acids is 1. The van der Waals surface area contributed by atoms with E-state index in [0.717, 1.165) is 55.0 Å². The highest BCUT2D eigenvalue weighted by atomic mass is 79.9. The van der Waals surface area contributed by atoms with Crippen molar-refractivity contribution in [3.8, 4) is 0 Å². The fourth-order valence-electron chi connectivity index (χ4n) is 2.81. The van der Waals surface area contributed by atoms with Crippen LogP contribution >= 0.6 is 15.9 Å². The molecule has 1 saturated heterocycles. The molecule has 0 radical (unpaired) electrons. The van der Waals surface area contributed by atoms with Crippen LogP contribution in [0.1, 0.15) is 18.4 Å². The van der Waals surface area contributed by atoms with Crippen LogP contribution in [0.25, 0.3) is 0 Å². The van der Waals surface area contributed by atoms with Gasteiger partial charge in [0.25, 0.3) is 5.91 Å². The molecule has 6 nitrogen and oxygen atoms in total. The van der Waals surface area contributed by atoms with E-state index in [1.807, 2.05) is 24.3 Å². The predicted molar refractivity (Wildman–Crippen MR) is 95.1 cm³/mol. The molecule has 3 rings (SSSR count). The molecule has 24 heavy (non-hydrogen) atoms. The lowest BCUT2D eigenvalue weighted by molar-refractivity contribution is -0.131. The van der Waals surface area contributed by atoms with E-state index in [1.165, 1.54) is 0 Å². The molecule has 1 atom stereocenters. The van der Waals surface area contributed by atoms with Crippen molar-refractivity contribution in [2.75, 3.05) is 39.4 Å². The Morgan fingerprint density at radius 1 is 1.38 bits per heavy atom. The predicted octanol–water partition coefficient (Wildman–Crippen LogP) is 1.78. The van der Waals surface area contributed by atoms with Crippen LogP contribution in [0.3, 0.4) is 0 Å². The molecule has 1 fully saturated rings. The quantitative estimate of drug-likeness (QED) is 0.745. The monoisotopic (exact) mass is 395 g/mol. The second-order valence-corrected chi connectivity index (χ2v) is 6.86. The van der Waals surface area contributed by atoms with Crippen LogP contribution in [0.15, 0.2) is 33.9 Å². The highest BCUT2D eigenvalue weighted by Crippen LogP contribution is 2.19. The number of morpholine rings is 1. The Hall–Kier alpha value is -1.44. The molecule has 0 saturated carbocycles. The van der Waals surface area contributed by atoms with Crippen molar-refractivity contribution in [3.63, 3.8) is 0 Å². The maximum absolute atomic E-state index is 12.2. The van der Waals surface area contributed by atoms with Gasteiger partial charge in [-0.2, -0.15) is 0 Å². The summed E-state index contributed by atoms with van der Waals surface area (Å²) in [6.45, 7) is 5.19. The minimum atomic E-state index is -0.526. The lowest BCUT2D eigenvalue weighted by atomic mass is 10.0. The molecule has 2 heterocycles. The van der Waals surface area contributed by atoms with E-state index in [2.05, 4.69) is 31.3 Å². The van der Waals surface area contributed by atoms with E-state index in [1.54, 1.807) is 0 Å². The van der Waals surface area contributed by atoms with Crippen LogP contribution in [0, 0.1) is 0 Å². The lowest BCUT2D eigenvalue weighted by Gasteiger charge is -2.26. The van der Waals surface area contributed by atoms with E-state index in [-0.39, 0.29) is 5.91 Å². The van der Waals surface area contributed by atoms with Gasteiger partial charge in [0, 0.05) is 36.1 Å². The molecule has 0 unspecified atom stereocenters. The number of carbonyl (C=O) groups is 1. The molecule has 130 valence electrons. The number of hydrogen-bond acceptors (Lipinski definition) is 5. The van der Waals surface area contributed by atoms with Crippen molar-refractivity contribution in [2.24, 2.45) is 5.16 Å². The van der Waals surface area contributed by atoms with Crippen LogP contribution in [-0.2, 0) is 14.4 Å². The van der Waals surface area contributed by atoms with Gasteiger partial charge in [0.2, 0.25) is 6.10 Å². The van der Waals surface area contributed by atoms with Crippen molar-refractivity contribution in [2.45, 2.75) is 18.9 Å². The van der Waals surface area contributed by atoms with Gasteiger partial charge in [-0.3, -0.25) is 9.69 Å². The van der Waals surface area contributed by atoms with E-state index in [9.17, 15) is 4.79 Å². The molecule has 0 spiro atoms. The van der Waals surface area contributed by atoms with Gasteiger partial charge >= 0.3 is 0 Å². The molecule has 0 bridgehead atoms. The molecule has 1 aromatic carbocycles. The van der Waals surface area contributed by atoms with Crippen molar-refractivity contribution in [1.29, 1.82) is 0 Å². The normalized spacial score (nSPS) is 21.2. The van der Waals surface area contributed by atoms with E-state index in [0.29, 0.717) is 13.0 Å². The van der Waals surface area contributed by atoms with Crippen molar-refractivity contribution in [1.82, 2.24) is 10.2 Å². The third-order valence-corrected chi connectivity index (χ3v) is 4.67. The number of nitrogens with one attached hydrogen (secondary N) is 1. The fraction of sp³-hybridized carbons (Fsp3) is 0.529. The summed E-state index contributed by atoms with van der Waals surface area (Å²) in [5.74, 6) is -0.0919. The topological polar surface area (TPSA) is 63.2 Å². The van der Waals surface area contributed by atoms with E-state index in [4.69, 9.17) is 9.57 Å². The summed E-state index contributed by atoms with van der Waals surface area (Å²) in [6, 6.07) is 7.85. The number of oxime groups is 1. The van der Waals surface area contributed by atoms with Crippen molar-refractivity contribution in [3.05, 3.63) is 34.3 Å². The third kappa shape index (κ3) is 4.78. The Labute approximate surface area is 150 Å². The van der Waals surface area contributed by atoms with Gasteiger partial charge in [0.05, 0.1) is 18.9 Å². The average Bonchev–Trinajstić information content (AvgIpc) is 3.10. The number of halogens is 1. The summed E-state index contributed by atoms with van der Waals surface area (Å²) < 4.78 is 6.31. The van der Waals surface area contributed by atoms with Gasteiger partial charge in [-0.05, 0) is 25.1 Å². The Balaban J connectivity index is 1.37. The summed E-state index contributed by atoms with van der Waals surface area (Å²) >= 11 is 3.44.